The lowest BCUT2D eigenvalue weighted by molar-refractivity contribution is -0.126. The third kappa shape index (κ3) is 1.78. The van der Waals surface area contributed by atoms with E-state index in [9.17, 15) is 4.79 Å². The molecule has 0 radical (unpaired) electrons. The Hall–Kier alpha value is -0.940. The number of rotatable bonds is 4. The molecule has 0 atom stereocenters. The minimum atomic E-state index is -0.253. The van der Waals surface area contributed by atoms with Crippen LogP contribution < -0.4 is 11.1 Å². The van der Waals surface area contributed by atoms with E-state index in [4.69, 9.17) is 5.73 Å². The lowest BCUT2D eigenvalue weighted by Gasteiger charge is -2.11. The highest BCUT2D eigenvalue weighted by molar-refractivity contribution is 7.09. The lowest BCUT2D eigenvalue weighted by atomic mass is 10.1. The molecule has 1 aliphatic carbocycles. The van der Waals surface area contributed by atoms with Gasteiger partial charge in [0.1, 0.15) is 5.01 Å². The molecule has 5 heteroatoms. The fraction of sp³-hybridized carbons (Fsp3) is 0.556. The van der Waals surface area contributed by atoms with Gasteiger partial charge in [-0.2, -0.15) is 0 Å². The van der Waals surface area contributed by atoms with E-state index in [1.807, 2.05) is 5.38 Å². The molecule has 76 valence electrons. The standard InChI is InChI=1S/C9H13N3OS/c10-6-9(1-2-9)8(13)12-5-7-11-3-4-14-7/h3-4H,1-2,5-6,10H2,(H,12,13). The summed E-state index contributed by atoms with van der Waals surface area (Å²) in [5, 5.41) is 5.70. The maximum atomic E-state index is 11.6. The molecule has 1 heterocycles. The summed E-state index contributed by atoms with van der Waals surface area (Å²) in [5.41, 5.74) is 5.29. The number of nitrogens with zero attached hydrogens (tertiary/aromatic N) is 1. The minimum Gasteiger partial charge on any atom is -0.349 e. The summed E-state index contributed by atoms with van der Waals surface area (Å²) < 4.78 is 0. The fourth-order valence-electron chi connectivity index (χ4n) is 1.36. The number of carbonyl (C=O) groups excluding carboxylic acids is 1. The Morgan fingerprint density at radius 3 is 3.00 bits per heavy atom. The first-order chi connectivity index (χ1) is 6.77. The predicted octanol–water partition coefficient (Wildman–Crippen LogP) is 0.498. The van der Waals surface area contributed by atoms with Crippen molar-refractivity contribution in [1.82, 2.24) is 10.3 Å². The molecule has 0 spiro atoms. The van der Waals surface area contributed by atoms with Crippen LogP contribution >= 0.6 is 11.3 Å². The topological polar surface area (TPSA) is 68.0 Å². The van der Waals surface area contributed by atoms with Crippen molar-refractivity contribution in [3.8, 4) is 0 Å². The van der Waals surface area contributed by atoms with Crippen molar-refractivity contribution >= 4 is 17.2 Å². The first-order valence-electron chi connectivity index (χ1n) is 4.64. The van der Waals surface area contributed by atoms with Crippen molar-refractivity contribution in [3.05, 3.63) is 16.6 Å². The Morgan fingerprint density at radius 2 is 2.50 bits per heavy atom. The van der Waals surface area contributed by atoms with E-state index in [1.54, 1.807) is 17.5 Å². The zero-order valence-corrected chi connectivity index (χ0v) is 8.64. The highest BCUT2D eigenvalue weighted by Gasteiger charge is 2.48. The van der Waals surface area contributed by atoms with Crippen LogP contribution in [0.15, 0.2) is 11.6 Å². The molecule has 2 rings (SSSR count). The van der Waals surface area contributed by atoms with Crippen molar-refractivity contribution in [3.63, 3.8) is 0 Å². The van der Waals surface area contributed by atoms with Gasteiger partial charge in [0.15, 0.2) is 0 Å². The smallest absolute Gasteiger partial charge is 0.227 e. The van der Waals surface area contributed by atoms with Crippen molar-refractivity contribution in [2.75, 3.05) is 6.54 Å². The van der Waals surface area contributed by atoms with Gasteiger partial charge in [-0.05, 0) is 12.8 Å². The van der Waals surface area contributed by atoms with Crippen LogP contribution in [-0.2, 0) is 11.3 Å². The fourth-order valence-corrected chi connectivity index (χ4v) is 1.91. The maximum absolute atomic E-state index is 11.6. The van der Waals surface area contributed by atoms with Crippen molar-refractivity contribution in [1.29, 1.82) is 0 Å². The second-order valence-electron chi connectivity index (χ2n) is 3.59. The molecule has 1 amide bonds. The number of thiazole rings is 1. The van der Waals surface area contributed by atoms with Crippen LogP contribution in [0.3, 0.4) is 0 Å². The highest BCUT2D eigenvalue weighted by atomic mass is 32.1. The molecule has 1 aromatic heterocycles. The highest BCUT2D eigenvalue weighted by Crippen LogP contribution is 2.44. The van der Waals surface area contributed by atoms with E-state index in [0.29, 0.717) is 13.1 Å². The largest absolute Gasteiger partial charge is 0.349 e. The molecule has 0 aliphatic heterocycles. The molecule has 14 heavy (non-hydrogen) atoms. The summed E-state index contributed by atoms with van der Waals surface area (Å²) in [5.74, 6) is 0.0789. The minimum absolute atomic E-state index is 0.0789. The second-order valence-corrected chi connectivity index (χ2v) is 4.57. The van der Waals surface area contributed by atoms with Gasteiger partial charge in [0.05, 0.1) is 12.0 Å². The summed E-state index contributed by atoms with van der Waals surface area (Å²) in [6, 6.07) is 0. The summed E-state index contributed by atoms with van der Waals surface area (Å²) >= 11 is 1.55. The summed E-state index contributed by atoms with van der Waals surface area (Å²) in [6.07, 6.45) is 3.59. The number of carbonyl (C=O) groups is 1. The summed E-state index contributed by atoms with van der Waals surface area (Å²) in [4.78, 5) is 15.7. The lowest BCUT2D eigenvalue weighted by Crippen LogP contribution is -2.36. The average molecular weight is 211 g/mol. The van der Waals surface area contributed by atoms with Gasteiger partial charge in [-0.3, -0.25) is 4.79 Å². The van der Waals surface area contributed by atoms with E-state index in [2.05, 4.69) is 10.3 Å². The molecular formula is C9H13N3OS. The van der Waals surface area contributed by atoms with Crippen LogP contribution in [-0.4, -0.2) is 17.4 Å². The van der Waals surface area contributed by atoms with Gasteiger partial charge in [-0.15, -0.1) is 11.3 Å². The normalized spacial score (nSPS) is 17.8. The summed E-state index contributed by atoms with van der Waals surface area (Å²) in [6.45, 7) is 0.981. The zero-order valence-electron chi connectivity index (χ0n) is 7.82. The molecule has 0 bridgehead atoms. The molecule has 0 saturated heterocycles. The average Bonchev–Trinajstić information content (AvgIpc) is 2.84. The number of amides is 1. The quantitative estimate of drug-likeness (QED) is 0.762. The van der Waals surface area contributed by atoms with E-state index in [0.717, 1.165) is 17.8 Å². The van der Waals surface area contributed by atoms with E-state index in [1.165, 1.54) is 0 Å². The molecule has 0 aromatic carbocycles. The first-order valence-corrected chi connectivity index (χ1v) is 5.51. The van der Waals surface area contributed by atoms with Gasteiger partial charge in [0.2, 0.25) is 5.91 Å². The summed E-state index contributed by atoms with van der Waals surface area (Å²) in [7, 11) is 0. The first kappa shape index (κ1) is 9.61. The van der Waals surface area contributed by atoms with Crippen molar-refractivity contribution in [2.24, 2.45) is 11.1 Å². The molecule has 1 fully saturated rings. The third-order valence-corrected chi connectivity index (χ3v) is 3.39. The van der Waals surface area contributed by atoms with E-state index >= 15 is 0 Å². The number of aromatic nitrogens is 1. The number of nitrogens with one attached hydrogen (secondary N) is 1. The van der Waals surface area contributed by atoms with Gasteiger partial charge >= 0.3 is 0 Å². The van der Waals surface area contributed by atoms with Crippen molar-refractivity contribution in [2.45, 2.75) is 19.4 Å². The molecule has 1 aliphatic rings. The van der Waals surface area contributed by atoms with Crippen LogP contribution in [0.25, 0.3) is 0 Å². The third-order valence-electron chi connectivity index (χ3n) is 2.61. The van der Waals surface area contributed by atoms with Crippen LogP contribution in [0.4, 0.5) is 0 Å². The second kappa shape index (κ2) is 3.67. The SMILES string of the molecule is NCC1(C(=O)NCc2nccs2)CC1. The maximum Gasteiger partial charge on any atom is 0.227 e. The van der Waals surface area contributed by atoms with E-state index in [-0.39, 0.29) is 11.3 Å². The molecule has 4 nitrogen and oxygen atoms in total. The van der Waals surface area contributed by atoms with Crippen LogP contribution in [0, 0.1) is 5.41 Å². The van der Waals surface area contributed by atoms with Gasteiger partial charge in [0.25, 0.3) is 0 Å². The van der Waals surface area contributed by atoms with Crippen LogP contribution in [0.1, 0.15) is 17.8 Å². The molecule has 0 unspecified atom stereocenters. The Labute approximate surface area is 86.5 Å². The number of nitrogens with two attached hydrogens (primary N) is 1. The van der Waals surface area contributed by atoms with Gasteiger partial charge in [-0.25, -0.2) is 4.98 Å². The zero-order chi connectivity index (χ0) is 10.0. The predicted molar refractivity (Wildman–Crippen MR) is 54.7 cm³/mol. The Balaban J connectivity index is 1.84. The Kier molecular flexibility index (Phi) is 2.52. The monoisotopic (exact) mass is 211 g/mol. The van der Waals surface area contributed by atoms with Gasteiger partial charge < -0.3 is 11.1 Å². The number of hydrogen-bond acceptors (Lipinski definition) is 4. The van der Waals surface area contributed by atoms with Gasteiger partial charge in [-0.1, -0.05) is 0 Å². The van der Waals surface area contributed by atoms with Gasteiger partial charge in [0, 0.05) is 18.1 Å². The molecular weight excluding hydrogens is 198 g/mol. The molecule has 1 saturated carbocycles. The van der Waals surface area contributed by atoms with Crippen LogP contribution in [0.5, 0.6) is 0 Å². The Bertz CT molecular complexity index is 319. The molecule has 1 aromatic rings. The Morgan fingerprint density at radius 1 is 1.71 bits per heavy atom. The van der Waals surface area contributed by atoms with Crippen LogP contribution in [0.2, 0.25) is 0 Å². The van der Waals surface area contributed by atoms with E-state index < -0.39 is 0 Å². The van der Waals surface area contributed by atoms with Crippen molar-refractivity contribution < 1.29 is 4.79 Å². The molecule has 3 N–H and O–H groups in total. The number of hydrogen-bond donors (Lipinski definition) is 2.